The normalized spacial score (nSPS) is 11.9. The van der Waals surface area contributed by atoms with E-state index in [0.29, 0.717) is 12.3 Å². The van der Waals surface area contributed by atoms with Crippen LogP contribution in [0.4, 0.5) is 10.1 Å². The lowest BCUT2D eigenvalue weighted by Gasteiger charge is -2.32. The first-order valence-electron chi connectivity index (χ1n) is 12.1. The van der Waals surface area contributed by atoms with Gasteiger partial charge in [0.15, 0.2) is 0 Å². The smallest absolute Gasteiger partial charge is 0.264 e. The lowest BCUT2D eigenvalue weighted by molar-refractivity contribution is -0.139. The molecule has 0 aliphatic rings. The maximum absolute atomic E-state index is 13.7. The molecule has 202 valence electrons. The summed E-state index contributed by atoms with van der Waals surface area (Å²) in [7, 11) is -2.78. The van der Waals surface area contributed by atoms with Gasteiger partial charge in [-0.25, -0.2) is 12.8 Å². The Morgan fingerprint density at radius 1 is 0.974 bits per heavy atom. The van der Waals surface area contributed by atoms with Crippen LogP contribution in [0.15, 0.2) is 77.7 Å². The molecule has 0 unspecified atom stereocenters. The summed E-state index contributed by atoms with van der Waals surface area (Å²) < 4.78 is 47.2. The Morgan fingerprint density at radius 2 is 1.58 bits per heavy atom. The molecule has 0 saturated heterocycles. The zero-order chi connectivity index (χ0) is 27.9. The van der Waals surface area contributed by atoms with E-state index in [1.807, 2.05) is 31.2 Å². The summed E-state index contributed by atoms with van der Waals surface area (Å²) in [5.41, 5.74) is 1.93. The number of nitrogens with one attached hydrogen (secondary N) is 1. The Bertz CT molecular complexity index is 1340. The number of sulfonamides is 1. The number of carbonyl (C=O) groups excluding carboxylic acids is 2. The van der Waals surface area contributed by atoms with E-state index >= 15 is 0 Å². The molecule has 0 aromatic heterocycles. The van der Waals surface area contributed by atoms with Crippen LogP contribution < -0.4 is 14.4 Å². The van der Waals surface area contributed by atoms with Crippen LogP contribution in [0.3, 0.4) is 0 Å². The van der Waals surface area contributed by atoms with E-state index in [4.69, 9.17) is 4.74 Å². The number of ether oxygens (including phenoxy) is 1. The summed E-state index contributed by atoms with van der Waals surface area (Å²) in [6.07, 6.45) is 0. The van der Waals surface area contributed by atoms with Gasteiger partial charge >= 0.3 is 0 Å². The van der Waals surface area contributed by atoms with Gasteiger partial charge in [0.1, 0.15) is 24.2 Å². The summed E-state index contributed by atoms with van der Waals surface area (Å²) in [6, 6.07) is 17.2. The molecule has 0 fully saturated rings. The lowest BCUT2D eigenvalue weighted by Crippen LogP contribution is -2.51. The number of methoxy groups -OCH3 is 1. The zero-order valence-electron chi connectivity index (χ0n) is 21.8. The molecule has 8 nitrogen and oxygen atoms in total. The molecule has 3 aromatic rings. The lowest BCUT2D eigenvalue weighted by atomic mass is 10.1. The van der Waals surface area contributed by atoms with Crippen molar-refractivity contribution < 1.29 is 27.1 Å². The van der Waals surface area contributed by atoms with E-state index in [2.05, 4.69) is 5.32 Å². The largest absolute Gasteiger partial charge is 0.497 e. The number of likely N-dealkylation sites (N-methyl/N-ethyl adjacent to an activating group) is 1. The fourth-order valence-electron chi connectivity index (χ4n) is 3.81. The highest BCUT2D eigenvalue weighted by Gasteiger charge is 2.32. The fourth-order valence-corrected chi connectivity index (χ4v) is 5.22. The number of aryl methyl sites for hydroxylation is 1. The van der Waals surface area contributed by atoms with Gasteiger partial charge in [-0.15, -0.1) is 0 Å². The standard InChI is InChI=1S/C28H32FN3O5S/c1-5-30-28(34)21(3)31(18-22-8-6-20(2)7-9-22)27(33)19-32(24-12-10-23(29)11-13-24)38(35,36)26-16-14-25(37-4)15-17-26/h6-17,21H,5,18-19H2,1-4H3,(H,30,34)/t21-/m0/s1. The summed E-state index contributed by atoms with van der Waals surface area (Å²) in [4.78, 5) is 27.7. The van der Waals surface area contributed by atoms with Crippen molar-refractivity contribution in [2.45, 2.75) is 38.3 Å². The monoisotopic (exact) mass is 541 g/mol. The van der Waals surface area contributed by atoms with Crippen LogP contribution in [0.5, 0.6) is 5.75 Å². The van der Waals surface area contributed by atoms with Gasteiger partial charge in [-0.1, -0.05) is 29.8 Å². The Hall–Kier alpha value is -3.92. The molecule has 0 heterocycles. The third kappa shape index (κ3) is 6.89. The maximum Gasteiger partial charge on any atom is 0.264 e. The van der Waals surface area contributed by atoms with Crippen molar-refractivity contribution in [2.75, 3.05) is 24.5 Å². The third-order valence-corrected chi connectivity index (χ3v) is 7.82. The Labute approximate surface area is 223 Å². The van der Waals surface area contributed by atoms with E-state index < -0.39 is 34.3 Å². The molecular formula is C28H32FN3O5S. The SMILES string of the molecule is CCNC(=O)[C@H](C)N(Cc1ccc(C)cc1)C(=O)CN(c1ccc(F)cc1)S(=O)(=O)c1ccc(OC)cc1. The van der Waals surface area contributed by atoms with E-state index in [9.17, 15) is 22.4 Å². The van der Waals surface area contributed by atoms with Gasteiger partial charge in [0.25, 0.3) is 10.0 Å². The van der Waals surface area contributed by atoms with Crippen LogP contribution in [0.2, 0.25) is 0 Å². The first-order valence-corrected chi connectivity index (χ1v) is 13.6. The van der Waals surface area contributed by atoms with E-state index in [0.717, 1.165) is 27.6 Å². The summed E-state index contributed by atoms with van der Waals surface area (Å²) >= 11 is 0. The molecular weight excluding hydrogens is 509 g/mol. The van der Waals surface area contributed by atoms with Crippen LogP contribution in [-0.2, 0) is 26.2 Å². The van der Waals surface area contributed by atoms with Crippen molar-refractivity contribution in [2.24, 2.45) is 0 Å². The van der Waals surface area contributed by atoms with Crippen LogP contribution in [0.25, 0.3) is 0 Å². The Kier molecular flexibility index (Phi) is 9.46. The molecule has 10 heteroatoms. The molecule has 0 bridgehead atoms. The van der Waals surface area contributed by atoms with E-state index in [1.165, 1.54) is 48.4 Å². The molecule has 38 heavy (non-hydrogen) atoms. The van der Waals surface area contributed by atoms with Gasteiger partial charge in [0.05, 0.1) is 17.7 Å². The predicted octanol–water partition coefficient (Wildman–Crippen LogP) is 3.89. The molecule has 1 N–H and O–H groups in total. The molecule has 0 aliphatic carbocycles. The number of nitrogens with zero attached hydrogens (tertiary/aromatic N) is 2. The molecule has 1 atom stereocenters. The van der Waals surface area contributed by atoms with Crippen molar-refractivity contribution >= 4 is 27.5 Å². The average Bonchev–Trinajstić information content (AvgIpc) is 2.91. The summed E-state index contributed by atoms with van der Waals surface area (Å²) in [5, 5.41) is 2.72. The highest BCUT2D eigenvalue weighted by Crippen LogP contribution is 2.26. The molecule has 0 radical (unpaired) electrons. The van der Waals surface area contributed by atoms with Crippen LogP contribution in [0.1, 0.15) is 25.0 Å². The van der Waals surface area contributed by atoms with E-state index in [-0.39, 0.29) is 23.0 Å². The molecule has 3 rings (SSSR count). The Morgan fingerprint density at radius 3 is 2.13 bits per heavy atom. The summed E-state index contributed by atoms with van der Waals surface area (Å²) in [6.45, 7) is 5.18. The molecule has 0 aliphatic heterocycles. The number of carbonyl (C=O) groups is 2. The highest BCUT2D eigenvalue weighted by molar-refractivity contribution is 7.92. The minimum Gasteiger partial charge on any atom is -0.497 e. The second-order valence-corrected chi connectivity index (χ2v) is 10.6. The van der Waals surface area contributed by atoms with Gasteiger partial charge in [-0.2, -0.15) is 0 Å². The van der Waals surface area contributed by atoms with Crippen molar-refractivity contribution in [3.63, 3.8) is 0 Å². The minimum atomic E-state index is -4.25. The highest BCUT2D eigenvalue weighted by atomic mass is 32.2. The average molecular weight is 542 g/mol. The maximum atomic E-state index is 13.7. The second-order valence-electron chi connectivity index (χ2n) is 8.74. The van der Waals surface area contributed by atoms with Gasteiger partial charge in [-0.3, -0.25) is 13.9 Å². The number of hydrogen-bond acceptors (Lipinski definition) is 5. The van der Waals surface area contributed by atoms with Crippen molar-refractivity contribution in [1.29, 1.82) is 0 Å². The van der Waals surface area contributed by atoms with Crippen LogP contribution >= 0.6 is 0 Å². The molecule has 2 amide bonds. The van der Waals surface area contributed by atoms with Gasteiger partial charge in [0, 0.05) is 13.1 Å². The quantitative estimate of drug-likeness (QED) is 0.397. The Balaban J connectivity index is 2.01. The van der Waals surface area contributed by atoms with Gasteiger partial charge in [-0.05, 0) is 74.9 Å². The number of rotatable bonds is 11. The number of anilines is 1. The number of halogens is 1. The molecule has 0 saturated carbocycles. The first kappa shape index (κ1) is 28.6. The van der Waals surface area contributed by atoms with Crippen molar-refractivity contribution in [3.8, 4) is 5.75 Å². The van der Waals surface area contributed by atoms with Crippen LogP contribution in [0, 0.1) is 12.7 Å². The summed E-state index contributed by atoms with van der Waals surface area (Å²) in [5.74, 6) is -1.04. The van der Waals surface area contributed by atoms with E-state index in [1.54, 1.807) is 13.8 Å². The number of hydrogen-bond donors (Lipinski definition) is 1. The third-order valence-electron chi connectivity index (χ3n) is 6.03. The fraction of sp³-hybridized carbons (Fsp3) is 0.286. The predicted molar refractivity (Wildman–Crippen MR) is 144 cm³/mol. The minimum absolute atomic E-state index is 0.0720. The second kappa shape index (κ2) is 12.6. The molecule has 0 spiro atoms. The van der Waals surface area contributed by atoms with Crippen molar-refractivity contribution in [3.05, 3.63) is 89.7 Å². The van der Waals surface area contributed by atoms with Gasteiger partial charge in [0.2, 0.25) is 11.8 Å². The number of amides is 2. The number of benzene rings is 3. The topological polar surface area (TPSA) is 96.0 Å². The zero-order valence-corrected chi connectivity index (χ0v) is 22.7. The van der Waals surface area contributed by atoms with Crippen LogP contribution in [-0.4, -0.2) is 51.4 Å². The van der Waals surface area contributed by atoms with Gasteiger partial charge < -0.3 is 15.0 Å². The molecule has 3 aromatic carbocycles. The first-order chi connectivity index (χ1) is 18.1. The van der Waals surface area contributed by atoms with Crippen molar-refractivity contribution in [1.82, 2.24) is 10.2 Å².